The van der Waals surface area contributed by atoms with E-state index in [0.717, 1.165) is 24.7 Å². The van der Waals surface area contributed by atoms with Crippen LogP contribution >= 0.6 is 23.4 Å². The van der Waals surface area contributed by atoms with Crippen molar-refractivity contribution >= 4 is 23.4 Å². The molecule has 1 nitrogen and oxygen atoms in total. The van der Waals surface area contributed by atoms with Crippen molar-refractivity contribution in [1.82, 2.24) is 0 Å². The maximum Gasteiger partial charge on any atom is 0.0470 e. The van der Waals surface area contributed by atoms with Crippen molar-refractivity contribution in [3.63, 3.8) is 0 Å². The third kappa shape index (κ3) is 6.72. The Morgan fingerprint density at radius 2 is 2.30 bits per heavy atom. The van der Waals surface area contributed by atoms with Gasteiger partial charge in [0.15, 0.2) is 0 Å². The van der Waals surface area contributed by atoms with Crippen LogP contribution < -0.4 is 0 Å². The van der Waals surface area contributed by atoms with Crippen LogP contribution in [-0.4, -0.2) is 30.6 Å². The van der Waals surface area contributed by atoms with Gasteiger partial charge >= 0.3 is 0 Å². The minimum Gasteiger partial charge on any atom is -0.385 e. The molecule has 0 aliphatic carbocycles. The minimum absolute atomic E-state index is 0.582. The van der Waals surface area contributed by atoms with Crippen LogP contribution in [0.2, 0.25) is 0 Å². The van der Waals surface area contributed by atoms with E-state index in [2.05, 4.69) is 6.92 Å². The van der Waals surface area contributed by atoms with E-state index >= 15 is 0 Å². The lowest BCUT2D eigenvalue weighted by Gasteiger charge is -2.05. The van der Waals surface area contributed by atoms with Gasteiger partial charge in [0.1, 0.15) is 0 Å². The zero-order valence-electron chi connectivity index (χ0n) is 6.60. The summed E-state index contributed by atoms with van der Waals surface area (Å²) in [4.78, 5) is 0. The van der Waals surface area contributed by atoms with Gasteiger partial charge in [-0.1, -0.05) is 6.92 Å². The Balaban J connectivity index is 2.89. The van der Waals surface area contributed by atoms with E-state index in [0.29, 0.717) is 5.25 Å². The number of ether oxygens (including phenoxy) is 1. The fourth-order valence-electron chi connectivity index (χ4n) is 0.532. The lowest BCUT2D eigenvalue weighted by atomic mass is 10.5. The average molecular weight is 183 g/mol. The smallest absolute Gasteiger partial charge is 0.0470 e. The van der Waals surface area contributed by atoms with Crippen LogP contribution in [0.25, 0.3) is 0 Å². The van der Waals surface area contributed by atoms with E-state index in [1.165, 1.54) is 0 Å². The van der Waals surface area contributed by atoms with Crippen molar-refractivity contribution in [2.45, 2.75) is 18.6 Å². The lowest BCUT2D eigenvalue weighted by molar-refractivity contribution is 0.200. The standard InChI is InChI=1S/C7H15ClOS/c1-7(6-8)10-5-3-4-9-2/h7H,3-6H2,1-2H3. The Labute approximate surface area is 72.5 Å². The Kier molecular flexibility index (Phi) is 8.17. The second-order valence-corrected chi connectivity index (χ2v) is 4.04. The predicted octanol–water partition coefficient (Wildman–Crippen LogP) is 2.38. The molecule has 0 aromatic carbocycles. The van der Waals surface area contributed by atoms with Gasteiger partial charge in [-0.2, -0.15) is 11.8 Å². The molecule has 3 heteroatoms. The second-order valence-electron chi connectivity index (χ2n) is 2.18. The van der Waals surface area contributed by atoms with Gasteiger partial charge < -0.3 is 4.74 Å². The maximum atomic E-state index is 5.61. The van der Waals surface area contributed by atoms with Crippen LogP contribution in [0.3, 0.4) is 0 Å². The molecule has 1 atom stereocenters. The molecule has 0 radical (unpaired) electrons. The summed E-state index contributed by atoms with van der Waals surface area (Å²) in [5.41, 5.74) is 0. The molecule has 0 fully saturated rings. The molecular formula is C7H15ClOS. The highest BCUT2D eigenvalue weighted by molar-refractivity contribution is 7.99. The van der Waals surface area contributed by atoms with Gasteiger partial charge in [-0.15, -0.1) is 11.6 Å². The molecule has 0 saturated heterocycles. The zero-order valence-corrected chi connectivity index (χ0v) is 8.17. The first-order valence-corrected chi connectivity index (χ1v) is 5.06. The van der Waals surface area contributed by atoms with Crippen LogP contribution in [0.1, 0.15) is 13.3 Å². The monoisotopic (exact) mass is 182 g/mol. The maximum absolute atomic E-state index is 5.61. The highest BCUT2D eigenvalue weighted by Crippen LogP contribution is 2.12. The van der Waals surface area contributed by atoms with Crippen LogP contribution in [0.5, 0.6) is 0 Å². The highest BCUT2D eigenvalue weighted by Gasteiger charge is 1.98. The molecule has 0 N–H and O–H groups in total. The molecule has 0 bridgehead atoms. The molecule has 0 spiro atoms. The topological polar surface area (TPSA) is 9.23 Å². The normalized spacial score (nSPS) is 13.5. The molecule has 10 heavy (non-hydrogen) atoms. The van der Waals surface area contributed by atoms with E-state index in [1.54, 1.807) is 7.11 Å². The third-order valence-electron chi connectivity index (χ3n) is 1.11. The van der Waals surface area contributed by atoms with Crippen molar-refractivity contribution in [1.29, 1.82) is 0 Å². The van der Waals surface area contributed by atoms with Gasteiger partial charge in [0.25, 0.3) is 0 Å². The largest absolute Gasteiger partial charge is 0.385 e. The van der Waals surface area contributed by atoms with Crippen molar-refractivity contribution in [2.24, 2.45) is 0 Å². The van der Waals surface area contributed by atoms with E-state index < -0.39 is 0 Å². The average Bonchev–Trinajstić information content (AvgIpc) is 1.98. The molecule has 0 aliphatic heterocycles. The molecule has 0 aromatic rings. The highest BCUT2D eigenvalue weighted by atomic mass is 35.5. The summed E-state index contributed by atoms with van der Waals surface area (Å²) in [6.45, 7) is 3.01. The number of thioether (sulfide) groups is 1. The summed E-state index contributed by atoms with van der Waals surface area (Å²) in [5, 5.41) is 0.582. The van der Waals surface area contributed by atoms with Gasteiger partial charge in [0, 0.05) is 24.8 Å². The Hall–Kier alpha value is 0.600. The fourth-order valence-corrected chi connectivity index (χ4v) is 1.58. The van der Waals surface area contributed by atoms with Gasteiger partial charge in [0.05, 0.1) is 0 Å². The number of halogens is 1. The van der Waals surface area contributed by atoms with E-state index in [9.17, 15) is 0 Å². The van der Waals surface area contributed by atoms with Gasteiger partial charge in [-0.05, 0) is 12.2 Å². The lowest BCUT2D eigenvalue weighted by Crippen LogP contribution is -2.00. The minimum atomic E-state index is 0.582. The molecular weight excluding hydrogens is 168 g/mol. The molecule has 0 rings (SSSR count). The summed E-state index contributed by atoms with van der Waals surface area (Å²) in [5.74, 6) is 1.90. The molecule has 0 amide bonds. The van der Waals surface area contributed by atoms with Gasteiger partial charge in [0.2, 0.25) is 0 Å². The first-order chi connectivity index (χ1) is 4.81. The predicted molar refractivity (Wildman–Crippen MR) is 49.1 cm³/mol. The summed E-state index contributed by atoms with van der Waals surface area (Å²) >= 11 is 7.52. The van der Waals surface area contributed by atoms with Crippen molar-refractivity contribution < 1.29 is 4.74 Å². The zero-order chi connectivity index (χ0) is 7.82. The number of methoxy groups -OCH3 is 1. The molecule has 0 aromatic heterocycles. The summed E-state index contributed by atoms with van der Waals surface area (Å²) in [6.07, 6.45) is 1.13. The Morgan fingerprint density at radius 1 is 1.60 bits per heavy atom. The first-order valence-electron chi connectivity index (χ1n) is 3.47. The molecule has 0 aliphatic rings. The third-order valence-corrected chi connectivity index (χ3v) is 3.02. The number of alkyl halides is 1. The molecule has 0 saturated carbocycles. The first kappa shape index (κ1) is 10.6. The number of rotatable bonds is 6. The Morgan fingerprint density at radius 3 is 2.80 bits per heavy atom. The van der Waals surface area contributed by atoms with Crippen molar-refractivity contribution in [2.75, 3.05) is 25.3 Å². The van der Waals surface area contributed by atoms with Crippen LogP contribution in [0.4, 0.5) is 0 Å². The van der Waals surface area contributed by atoms with Gasteiger partial charge in [-0.25, -0.2) is 0 Å². The second kappa shape index (κ2) is 7.70. The Bertz CT molecular complexity index is 70.6. The summed E-state index contributed by atoms with van der Waals surface area (Å²) in [7, 11) is 1.73. The van der Waals surface area contributed by atoms with E-state index in [4.69, 9.17) is 16.3 Å². The summed E-state index contributed by atoms with van der Waals surface area (Å²) < 4.78 is 4.91. The summed E-state index contributed by atoms with van der Waals surface area (Å²) in [6, 6.07) is 0. The number of hydrogen-bond donors (Lipinski definition) is 0. The van der Waals surface area contributed by atoms with Crippen LogP contribution in [0, 0.1) is 0 Å². The SMILES string of the molecule is COCCCSC(C)CCl. The van der Waals surface area contributed by atoms with Crippen LogP contribution in [-0.2, 0) is 4.74 Å². The van der Waals surface area contributed by atoms with E-state index in [-0.39, 0.29) is 0 Å². The van der Waals surface area contributed by atoms with Gasteiger partial charge in [-0.3, -0.25) is 0 Å². The van der Waals surface area contributed by atoms with Crippen LogP contribution in [0.15, 0.2) is 0 Å². The number of hydrogen-bond acceptors (Lipinski definition) is 2. The quantitative estimate of drug-likeness (QED) is 0.461. The fraction of sp³-hybridized carbons (Fsp3) is 1.00. The molecule has 62 valence electrons. The molecule has 1 unspecified atom stereocenters. The van der Waals surface area contributed by atoms with Crippen molar-refractivity contribution in [3.05, 3.63) is 0 Å². The van der Waals surface area contributed by atoms with E-state index in [1.807, 2.05) is 11.8 Å². The van der Waals surface area contributed by atoms with Crippen molar-refractivity contribution in [3.8, 4) is 0 Å². The molecule has 0 heterocycles.